The summed E-state index contributed by atoms with van der Waals surface area (Å²) in [6, 6.07) is 8.82. The monoisotopic (exact) mass is 282 g/mol. The minimum absolute atomic E-state index is 0.322. The van der Waals surface area contributed by atoms with E-state index < -0.39 is 0 Å². The first kappa shape index (κ1) is 14.0. The van der Waals surface area contributed by atoms with E-state index in [0.717, 1.165) is 48.7 Å². The summed E-state index contributed by atoms with van der Waals surface area (Å²) in [4.78, 5) is 11.5. The number of piperidine rings is 1. The van der Waals surface area contributed by atoms with Gasteiger partial charge in [-0.1, -0.05) is 29.8 Å². The number of aromatic nitrogens is 2. The van der Waals surface area contributed by atoms with Crippen molar-refractivity contribution < 1.29 is 0 Å². The van der Waals surface area contributed by atoms with Gasteiger partial charge in [0.2, 0.25) is 5.95 Å². The van der Waals surface area contributed by atoms with Gasteiger partial charge < -0.3 is 10.6 Å². The molecule has 0 spiro atoms. The molecule has 1 aromatic heterocycles. The summed E-state index contributed by atoms with van der Waals surface area (Å²) in [6.45, 7) is 6.04. The predicted octanol–water partition coefficient (Wildman–Crippen LogP) is 2.69. The molecule has 1 aromatic carbocycles. The maximum Gasteiger partial charge on any atom is 0.225 e. The number of hydrogen-bond acceptors (Lipinski definition) is 4. The molecule has 2 aromatic rings. The molecular formula is C17H22N4. The van der Waals surface area contributed by atoms with Gasteiger partial charge in [-0.25, -0.2) is 9.97 Å². The lowest BCUT2D eigenvalue weighted by molar-refractivity contribution is 0.495. The van der Waals surface area contributed by atoms with Crippen molar-refractivity contribution in [2.24, 2.45) is 5.73 Å². The van der Waals surface area contributed by atoms with Crippen LogP contribution in [0.1, 0.15) is 24.0 Å². The lowest BCUT2D eigenvalue weighted by Gasteiger charge is -2.30. The van der Waals surface area contributed by atoms with E-state index in [2.05, 4.69) is 48.0 Å². The standard InChI is InChI=1S/C17H22N4/c1-12-3-5-14(6-4-12)16-13(2)11-19-17(20-16)21-9-7-15(18)8-10-21/h3-6,11,15H,7-10,18H2,1-2H3. The van der Waals surface area contributed by atoms with Crippen molar-refractivity contribution in [3.63, 3.8) is 0 Å². The highest BCUT2D eigenvalue weighted by Gasteiger charge is 2.19. The van der Waals surface area contributed by atoms with Crippen LogP contribution in [0.4, 0.5) is 5.95 Å². The zero-order valence-electron chi connectivity index (χ0n) is 12.7. The summed E-state index contributed by atoms with van der Waals surface area (Å²) in [5.74, 6) is 0.822. The lowest BCUT2D eigenvalue weighted by Crippen LogP contribution is -2.40. The number of aryl methyl sites for hydroxylation is 2. The van der Waals surface area contributed by atoms with Crippen molar-refractivity contribution in [1.82, 2.24) is 9.97 Å². The molecular weight excluding hydrogens is 260 g/mol. The van der Waals surface area contributed by atoms with Crippen LogP contribution in [0.3, 0.4) is 0 Å². The van der Waals surface area contributed by atoms with Crippen molar-refractivity contribution in [1.29, 1.82) is 0 Å². The molecule has 0 bridgehead atoms. The second-order valence-electron chi connectivity index (χ2n) is 5.89. The average molecular weight is 282 g/mol. The number of anilines is 1. The number of rotatable bonds is 2. The minimum atomic E-state index is 0.322. The molecule has 110 valence electrons. The Kier molecular flexibility index (Phi) is 3.88. The van der Waals surface area contributed by atoms with Crippen LogP contribution < -0.4 is 10.6 Å². The predicted molar refractivity (Wildman–Crippen MR) is 86.4 cm³/mol. The van der Waals surface area contributed by atoms with Crippen LogP contribution in [0, 0.1) is 13.8 Å². The maximum atomic E-state index is 5.97. The Balaban J connectivity index is 1.91. The van der Waals surface area contributed by atoms with Crippen LogP contribution in [0.5, 0.6) is 0 Å². The van der Waals surface area contributed by atoms with Crippen molar-refractivity contribution in [2.45, 2.75) is 32.7 Å². The first-order chi connectivity index (χ1) is 10.1. The van der Waals surface area contributed by atoms with Gasteiger partial charge in [-0.15, -0.1) is 0 Å². The van der Waals surface area contributed by atoms with Gasteiger partial charge in [0.15, 0.2) is 0 Å². The van der Waals surface area contributed by atoms with E-state index in [1.54, 1.807) is 0 Å². The molecule has 2 heterocycles. The van der Waals surface area contributed by atoms with E-state index in [1.165, 1.54) is 5.56 Å². The molecule has 1 fully saturated rings. The van der Waals surface area contributed by atoms with Crippen LogP contribution in [0.25, 0.3) is 11.3 Å². The number of hydrogen-bond donors (Lipinski definition) is 1. The summed E-state index contributed by atoms with van der Waals surface area (Å²) in [7, 11) is 0. The molecule has 0 unspecified atom stereocenters. The van der Waals surface area contributed by atoms with Gasteiger partial charge in [-0.3, -0.25) is 0 Å². The average Bonchev–Trinajstić information content (AvgIpc) is 2.50. The van der Waals surface area contributed by atoms with Crippen molar-refractivity contribution >= 4 is 5.95 Å². The molecule has 0 atom stereocenters. The summed E-state index contributed by atoms with van der Waals surface area (Å²) >= 11 is 0. The highest BCUT2D eigenvalue weighted by molar-refractivity contribution is 5.64. The third-order valence-corrected chi connectivity index (χ3v) is 4.11. The Morgan fingerprint density at radius 1 is 1.10 bits per heavy atom. The molecule has 3 rings (SSSR count). The van der Waals surface area contributed by atoms with E-state index >= 15 is 0 Å². The van der Waals surface area contributed by atoms with Gasteiger partial charge in [0.1, 0.15) is 0 Å². The van der Waals surface area contributed by atoms with Crippen LogP contribution >= 0.6 is 0 Å². The Bertz CT molecular complexity index is 613. The fraction of sp³-hybridized carbons (Fsp3) is 0.412. The highest BCUT2D eigenvalue weighted by atomic mass is 15.3. The SMILES string of the molecule is Cc1ccc(-c2nc(N3CCC(N)CC3)ncc2C)cc1. The van der Waals surface area contributed by atoms with E-state index in [9.17, 15) is 0 Å². The summed E-state index contributed by atoms with van der Waals surface area (Å²) in [5, 5.41) is 0. The maximum absolute atomic E-state index is 5.97. The van der Waals surface area contributed by atoms with Crippen LogP contribution in [0.15, 0.2) is 30.5 Å². The van der Waals surface area contributed by atoms with Crippen LogP contribution in [-0.2, 0) is 0 Å². The molecule has 1 aliphatic rings. The number of benzene rings is 1. The highest BCUT2D eigenvalue weighted by Crippen LogP contribution is 2.24. The quantitative estimate of drug-likeness (QED) is 0.920. The minimum Gasteiger partial charge on any atom is -0.341 e. The molecule has 0 aliphatic carbocycles. The van der Waals surface area contributed by atoms with Crippen molar-refractivity contribution in [3.05, 3.63) is 41.6 Å². The van der Waals surface area contributed by atoms with Gasteiger partial charge >= 0.3 is 0 Å². The van der Waals surface area contributed by atoms with Gasteiger partial charge in [-0.05, 0) is 32.3 Å². The van der Waals surface area contributed by atoms with E-state index in [1.807, 2.05) is 6.20 Å². The van der Waals surface area contributed by atoms with Crippen LogP contribution in [0.2, 0.25) is 0 Å². The topological polar surface area (TPSA) is 55.0 Å². The third-order valence-electron chi connectivity index (χ3n) is 4.11. The van der Waals surface area contributed by atoms with E-state index in [0.29, 0.717) is 6.04 Å². The Morgan fingerprint density at radius 3 is 2.43 bits per heavy atom. The Morgan fingerprint density at radius 2 is 1.76 bits per heavy atom. The number of nitrogens with two attached hydrogens (primary N) is 1. The smallest absolute Gasteiger partial charge is 0.225 e. The summed E-state index contributed by atoms with van der Waals surface area (Å²) in [6.07, 6.45) is 3.94. The first-order valence-corrected chi connectivity index (χ1v) is 7.54. The lowest BCUT2D eigenvalue weighted by atomic mass is 10.1. The normalized spacial score (nSPS) is 16.2. The third kappa shape index (κ3) is 3.05. The molecule has 4 nitrogen and oxygen atoms in total. The summed E-state index contributed by atoms with van der Waals surface area (Å²) < 4.78 is 0. The molecule has 21 heavy (non-hydrogen) atoms. The van der Waals surface area contributed by atoms with E-state index in [-0.39, 0.29) is 0 Å². The fourth-order valence-electron chi connectivity index (χ4n) is 2.69. The second-order valence-corrected chi connectivity index (χ2v) is 5.89. The van der Waals surface area contributed by atoms with Gasteiger partial charge in [0, 0.05) is 30.9 Å². The van der Waals surface area contributed by atoms with Gasteiger partial charge in [-0.2, -0.15) is 0 Å². The molecule has 0 saturated carbocycles. The first-order valence-electron chi connectivity index (χ1n) is 7.54. The van der Waals surface area contributed by atoms with Crippen molar-refractivity contribution in [3.8, 4) is 11.3 Å². The fourth-order valence-corrected chi connectivity index (χ4v) is 2.69. The van der Waals surface area contributed by atoms with E-state index in [4.69, 9.17) is 10.7 Å². The van der Waals surface area contributed by atoms with Crippen LogP contribution in [-0.4, -0.2) is 29.1 Å². The molecule has 2 N–H and O–H groups in total. The molecule has 0 amide bonds. The number of nitrogens with zero attached hydrogens (tertiary/aromatic N) is 3. The molecule has 1 aliphatic heterocycles. The molecule has 1 saturated heterocycles. The van der Waals surface area contributed by atoms with Crippen molar-refractivity contribution in [2.75, 3.05) is 18.0 Å². The zero-order valence-corrected chi connectivity index (χ0v) is 12.7. The Labute approximate surface area is 126 Å². The Hall–Kier alpha value is -1.94. The molecule has 4 heteroatoms. The second kappa shape index (κ2) is 5.82. The van der Waals surface area contributed by atoms with Gasteiger partial charge in [0.25, 0.3) is 0 Å². The largest absolute Gasteiger partial charge is 0.341 e. The summed E-state index contributed by atoms with van der Waals surface area (Å²) in [5.41, 5.74) is 10.5. The molecule has 0 radical (unpaired) electrons. The zero-order chi connectivity index (χ0) is 14.8. The van der Waals surface area contributed by atoms with Gasteiger partial charge in [0.05, 0.1) is 5.69 Å².